The number of primary amides is 1. The predicted octanol–water partition coefficient (Wildman–Crippen LogP) is 3.12. The maximum Gasteiger partial charge on any atom is 0.240 e. The van der Waals surface area contributed by atoms with Crippen LogP contribution in [-0.4, -0.2) is 33.9 Å². The van der Waals surface area contributed by atoms with Crippen LogP contribution in [-0.2, 0) is 33.9 Å². The highest BCUT2D eigenvalue weighted by Gasteiger charge is 2.26. The van der Waals surface area contributed by atoms with Crippen LogP contribution in [0.2, 0.25) is 0 Å². The highest BCUT2D eigenvalue weighted by Crippen LogP contribution is 2.14. The van der Waals surface area contributed by atoms with E-state index in [0.717, 1.165) is 16.7 Å². The Labute approximate surface area is 205 Å². The molecule has 0 saturated heterocycles. The molecule has 6 nitrogen and oxygen atoms in total. The molecule has 3 amide bonds. The van der Waals surface area contributed by atoms with Crippen LogP contribution in [0.15, 0.2) is 91.0 Å². The summed E-state index contributed by atoms with van der Waals surface area (Å²) in [6, 6.07) is 27.8. The molecule has 7 heteroatoms. The zero-order valence-corrected chi connectivity index (χ0v) is 19.7. The van der Waals surface area contributed by atoms with E-state index in [9.17, 15) is 14.4 Å². The SMILES string of the molecule is NC(=O)[C@H](Cc1ccccc1)NC(=O)C(S)CC(=O)N(Cc1ccccc1)Cc1ccccc1. The Morgan fingerprint density at radius 1 is 0.765 bits per heavy atom. The number of rotatable bonds is 11. The third kappa shape index (κ3) is 7.78. The van der Waals surface area contributed by atoms with Gasteiger partial charge in [-0.15, -0.1) is 0 Å². The second kappa shape index (κ2) is 12.6. The van der Waals surface area contributed by atoms with Gasteiger partial charge in [0.1, 0.15) is 6.04 Å². The first-order valence-corrected chi connectivity index (χ1v) is 11.6. The Morgan fingerprint density at radius 3 is 1.65 bits per heavy atom. The summed E-state index contributed by atoms with van der Waals surface area (Å²) in [5, 5.41) is 1.73. The number of thiol groups is 1. The predicted molar refractivity (Wildman–Crippen MR) is 136 cm³/mol. The number of benzene rings is 3. The number of nitrogens with zero attached hydrogens (tertiary/aromatic N) is 1. The van der Waals surface area contributed by atoms with E-state index >= 15 is 0 Å². The van der Waals surface area contributed by atoms with Crippen LogP contribution in [0.1, 0.15) is 23.1 Å². The van der Waals surface area contributed by atoms with Gasteiger partial charge in [-0.1, -0.05) is 91.0 Å². The van der Waals surface area contributed by atoms with Crippen molar-refractivity contribution in [2.75, 3.05) is 0 Å². The molecule has 0 bridgehead atoms. The van der Waals surface area contributed by atoms with E-state index < -0.39 is 23.1 Å². The van der Waals surface area contributed by atoms with Gasteiger partial charge in [0.05, 0.1) is 5.25 Å². The van der Waals surface area contributed by atoms with Gasteiger partial charge in [-0.3, -0.25) is 14.4 Å². The van der Waals surface area contributed by atoms with E-state index in [2.05, 4.69) is 17.9 Å². The van der Waals surface area contributed by atoms with Gasteiger partial charge >= 0.3 is 0 Å². The largest absolute Gasteiger partial charge is 0.368 e. The van der Waals surface area contributed by atoms with Gasteiger partial charge in [0.15, 0.2) is 0 Å². The molecule has 2 atom stereocenters. The normalized spacial score (nSPS) is 12.4. The van der Waals surface area contributed by atoms with E-state index in [1.807, 2.05) is 91.0 Å². The fourth-order valence-electron chi connectivity index (χ4n) is 3.57. The maximum absolute atomic E-state index is 13.2. The van der Waals surface area contributed by atoms with Crippen molar-refractivity contribution in [3.05, 3.63) is 108 Å². The molecular formula is C27H29N3O3S. The summed E-state index contributed by atoms with van der Waals surface area (Å²) in [5.74, 6) is -1.35. The van der Waals surface area contributed by atoms with E-state index in [0.29, 0.717) is 13.1 Å². The van der Waals surface area contributed by atoms with Crippen molar-refractivity contribution < 1.29 is 14.4 Å². The van der Waals surface area contributed by atoms with E-state index in [-0.39, 0.29) is 18.7 Å². The first kappa shape index (κ1) is 25.1. The van der Waals surface area contributed by atoms with Gasteiger partial charge in [-0.25, -0.2) is 0 Å². The molecule has 0 heterocycles. The minimum atomic E-state index is -0.917. The van der Waals surface area contributed by atoms with Crippen molar-refractivity contribution in [2.24, 2.45) is 5.73 Å². The number of nitrogens with one attached hydrogen (secondary N) is 1. The molecule has 0 aromatic heterocycles. The topological polar surface area (TPSA) is 92.5 Å². The number of nitrogens with two attached hydrogens (primary N) is 1. The molecule has 0 fully saturated rings. The molecule has 3 aromatic carbocycles. The van der Waals surface area contributed by atoms with Gasteiger partial charge in [0.25, 0.3) is 0 Å². The molecule has 0 aliphatic rings. The molecule has 0 saturated carbocycles. The van der Waals surface area contributed by atoms with Crippen LogP contribution < -0.4 is 11.1 Å². The lowest BCUT2D eigenvalue weighted by atomic mass is 10.1. The Balaban J connectivity index is 1.65. The lowest BCUT2D eigenvalue weighted by Crippen LogP contribution is -2.49. The summed E-state index contributed by atoms with van der Waals surface area (Å²) in [6.45, 7) is 0.823. The summed E-state index contributed by atoms with van der Waals surface area (Å²) in [4.78, 5) is 39.6. The molecule has 34 heavy (non-hydrogen) atoms. The first-order chi connectivity index (χ1) is 16.4. The van der Waals surface area contributed by atoms with Crippen LogP contribution in [0.5, 0.6) is 0 Å². The minimum Gasteiger partial charge on any atom is -0.368 e. The molecule has 3 rings (SSSR count). The Kier molecular flexibility index (Phi) is 9.29. The number of hydrogen-bond acceptors (Lipinski definition) is 4. The fraction of sp³-hybridized carbons (Fsp3) is 0.222. The maximum atomic E-state index is 13.2. The van der Waals surface area contributed by atoms with Crippen LogP contribution in [0.3, 0.4) is 0 Å². The van der Waals surface area contributed by atoms with Crippen LogP contribution in [0.4, 0.5) is 0 Å². The molecule has 0 aliphatic carbocycles. The third-order valence-electron chi connectivity index (χ3n) is 5.40. The second-order valence-corrected chi connectivity index (χ2v) is 8.72. The lowest BCUT2D eigenvalue weighted by Gasteiger charge is -2.25. The van der Waals surface area contributed by atoms with Crippen LogP contribution >= 0.6 is 12.6 Å². The molecule has 3 N–H and O–H groups in total. The van der Waals surface area contributed by atoms with Gasteiger partial charge in [-0.05, 0) is 16.7 Å². The summed E-state index contributed by atoms with van der Waals surface area (Å²) in [6.07, 6.45) is 0.163. The number of amides is 3. The van der Waals surface area contributed by atoms with Crippen molar-refractivity contribution in [3.63, 3.8) is 0 Å². The quantitative estimate of drug-likeness (QED) is 0.372. The second-order valence-electron chi connectivity index (χ2n) is 8.09. The van der Waals surface area contributed by atoms with Crippen molar-refractivity contribution in [1.82, 2.24) is 10.2 Å². The van der Waals surface area contributed by atoms with E-state index in [4.69, 9.17) is 5.73 Å². The molecule has 1 unspecified atom stereocenters. The van der Waals surface area contributed by atoms with E-state index in [1.165, 1.54) is 0 Å². The Hall–Kier alpha value is -3.58. The van der Waals surface area contributed by atoms with Gasteiger partial charge in [0, 0.05) is 25.9 Å². The number of carbonyl (C=O) groups excluding carboxylic acids is 3. The average Bonchev–Trinajstić information content (AvgIpc) is 2.85. The first-order valence-electron chi connectivity index (χ1n) is 11.1. The minimum absolute atomic E-state index is 0.106. The Bertz CT molecular complexity index is 1040. The molecule has 0 spiro atoms. The summed E-state index contributed by atoms with van der Waals surface area (Å²) in [5.41, 5.74) is 8.35. The van der Waals surface area contributed by atoms with Gasteiger partial charge in [-0.2, -0.15) is 12.6 Å². The lowest BCUT2D eigenvalue weighted by molar-refractivity contribution is -0.134. The van der Waals surface area contributed by atoms with Gasteiger partial charge < -0.3 is 16.0 Å². The number of hydrogen-bond donors (Lipinski definition) is 3. The third-order valence-corrected chi connectivity index (χ3v) is 5.82. The standard InChI is InChI=1S/C27H29N3O3S/c28-26(32)23(16-20-10-4-1-5-11-20)29-27(33)24(34)17-25(31)30(18-21-12-6-2-7-13-21)19-22-14-8-3-9-15-22/h1-15,23-24,34H,16-19H2,(H2,28,32)(H,29,33)/t23-,24?/m0/s1. The zero-order valence-electron chi connectivity index (χ0n) is 18.8. The molecule has 176 valence electrons. The molecular weight excluding hydrogens is 446 g/mol. The summed E-state index contributed by atoms with van der Waals surface area (Å²) >= 11 is 4.37. The monoisotopic (exact) mass is 475 g/mol. The highest BCUT2D eigenvalue weighted by atomic mass is 32.1. The molecule has 0 aliphatic heterocycles. The van der Waals surface area contributed by atoms with Crippen LogP contribution in [0, 0.1) is 0 Å². The average molecular weight is 476 g/mol. The molecule has 3 aromatic rings. The smallest absolute Gasteiger partial charge is 0.240 e. The van der Waals surface area contributed by atoms with Crippen LogP contribution in [0.25, 0.3) is 0 Å². The summed E-state index contributed by atoms with van der Waals surface area (Å²) < 4.78 is 0. The number of carbonyl (C=O) groups is 3. The van der Waals surface area contributed by atoms with E-state index in [1.54, 1.807) is 4.90 Å². The highest BCUT2D eigenvalue weighted by molar-refractivity contribution is 7.81. The van der Waals surface area contributed by atoms with Gasteiger partial charge in [0.2, 0.25) is 17.7 Å². The zero-order chi connectivity index (χ0) is 24.3. The van der Waals surface area contributed by atoms with Crippen molar-refractivity contribution in [1.29, 1.82) is 0 Å². The summed E-state index contributed by atoms with van der Waals surface area (Å²) in [7, 11) is 0. The van der Waals surface area contributed by atoms with Crippen molar-refractivity contribution >= 4 is 30.4 Å². The van der Waals surface area contributed by atoms with Crippen molar-refractivity contribution in [3.8, 4) is 0 Å². The molecule has 0 radical (unpaired) electrons. The Morgan fingerprint density at radius 2 is 1.21 bits per heavy atom. The fourth-order valence-corrected chi connectivity index (χ4v) is 3.80. The van der Waals surface area contributed by atoms with Crippen molar-refractivity contribution in [2.45, 2.75) is 37.2 Å².